The number of nitro benzene ring substituents is 1. The third kappa shape index (κ3) is 3.25. The number of fused-ring (bicyclic) bond motifs is 1. The number of nitro groups is 1. The van der Waals surface area contributed by atoms with Crippen molar-refractivity contribution < 1.29 is 9.72 Å². The van der Waals surface area contributed by atoms with Crippen LogP contribution < -0.4 is 5.43 Å². The lowest BCUT2D eigenvalue weighted by atomic mass is 9.96. The van der Waals surface area contributed by atoms with Gasteiger partial charge in [-0.25, -0.2) is 5.43 Å². The number of hydrogen-bond donors (Lipinski definition) is 2. The van der Waals surface area contributed by atoms with Crippen molar-refractivity contribution >= 4 is 17.8 Å². The molecule has 0 radical (unpaired) electrons. The lowest BCUT2D eigenvalue weighted by Gasteiger charge is -2.10. The Morgan fingerprint density at radius 2 is 2.04 bits per heavy atom. The van der Waals surface area contributed by atoms with E-state index in [0.29, 0.717) is 11.3 Å². The van der Waals surface area contributed by atoms with Crippen molar-refractivity contribution in [1.82, 2.24) is 15.6 Å². The average Bonchev–Trinajstić information content (AvgIpc) is 2.99. The van der Waals surface area contributed by atoms with Crippen LogP contribution in [0.2, 0.25) is 0 Å². The summed E-state index contributed by atoms with van der Waals surface area (Å²) < 4.78 is 0. The molecule has 0 spiro atoms. The highest BCUT2D eigenvalue weighted by Gasteiger charge is 2.21. The molecule has 0 saturated heterocycles. The number of aromatic amines is 1. The Morgan fingerprint density at radius 3 is 2.78 bits per heavy atom. The van der Waals surface area contributed by atoms with Gasteiger partial charge in [-0.3, -0.25) is 20.0 Å². The van der Waals surface area contributed by atoms with Gasteiger partial charge >= 0.3 is 0 Å². The second-order valence-corrected chi connectivity index (χ2v) is 5.28. The molecule has 0 bridgehead atoms. The molecule has 1 aromatic heterocycles. The summed E-state index contributed by atoms with van der Waals surface area (Å²) in [6, 6.07) is 5.88. The fraction of sp³-hybridized carbons (Fsp3) is 0.267. The molecule has 2 aromatic rings. The van der Waals surface area contributed by atoms with E-state index in [4.69, 9.17) is 0 Å². The number of rotatable bonds is 4. The van der Waals surface area contributed by atoms with Crippen LogP contribution in [-0.2, 0) is 12.8 Å². The minimum atomic E-state index is -0.469. The first kappa shape index (κ1) is 14.9. The van der Waals surface area contributed by atoms with Crippen molar-refractivity contribution in [3.05, 3.63) is 56.9 Å². The lowest BCUT2D eigenvalue weighted by Crippen LogP contribution is -2.20. The number of aryl methyl sites for hydroxylation is 1. The number of amides is 1. The Morgan fingerprint density at radius 1 is 1.30 bits per heavy atom. The van der Waals surface area contributed by atoms with Gasteiger partial charge in [-0.2, -0.15) is 10.2 Å². The monoisotopic (exact) mass is 313 g/mol. The fourth-order valence-electron chi connectivity index (χ4n) is 2.57. The molecule has 2 N–H and O–H groups in total. The van der Waals surface area contributed by atoms with Gasteiger partial charge in [0.1, 0.15) is 0 Å². The molecule has 0 aliphatic heterocycles. The molecule has 1 aromatic carbocycles. The Hall–Kier alpha value is -3.03. The van der Waals surface area contributed by atoms with Crippen LogP contribution in [0.5, 0.6) is 0 Å². The van der Waals surface area contributed by atoms with Gasteiger partial charge in [-0.05, 0) is 43.4 Å². The maximum atomic E-state index is 12.1. The molecule has 0 atom stereocenters. The van der Waals surface area contributed by atoms with Crippen molar-refractivity contribution in [2.75, 3.05) is 0 Å². The second kappa shape index (κ2) is 6.39. The second-order valence-electron chi connectivity index (χ2n) is 5.28. The number of non-ortho nitro benzene ring substituents is 1. The first-order valence-electron chi connectivity index (χ1n) is 7.29. The van der Waals surface area contributed by atoms with Gasteiger partial charge in [0.2, 0.25) is 0 Å². The Kier molecular flexibility index (Phi) is 4.13. The van der Waals surface area contributed by atoms with Crippen LogP contribution in [-0.4, -0.2) is 27.2 Å². The highest BCUT2D eigenvalue weighted by molar-refractivity contribution is 5.94. The van der Waals surface area contributed by atoms with E-state index in [-0.39, 0.29) is 11.6 Å². The maximum Gasteiger partial charge on any atom is 0.292 e. The van der Waals surface area contributed by atoms with Crippen LogP contribution >= 0.6 is 0 Å². The molecule has 0 fully saturated rings. The number of benzene rings is 1. The predicted molar refractivity (Wildman–Crippen MR) is 83.4 cm³/mol. The molecule has 23 heavy (non-hydrogen) atoms. The molecule has 0 unspecified atom stereocenters. The van der Waals surface area contributed by atoms with Crippen molar-refractivity contribution in [2.24, 2.45) is 5.10 Å². The molecule has 118 valence electrons. The van der Waals surface area contributed by atoms with Crippen LogP contribution in [0.25, 0.3) is 0 Å². The van der Waals surface area contributed by atoms with Gasteiger partial charge in [-0.1, -0.05) is 0 Å². The molecule has 0 saturated carbocycles. The number of hydrogen-bond acceptors (Lipinski definition) is 5. The van der Waals surface area contributed by atoms with Crippen molar-refractivity contribution in [2.45, 2.75) is 25.7 Å². The summed E-state index contributed by atoms with van der Waals surface area (Å²) >= 11 is 0. The molecule has 8 nitrogen and oxygen atoms in total. The summed E-state index contributed by atoms with van der Waals surface area (Å²) in [5.74, 6) is -0.359. The van der Waals surface area contributed by atoms with E-state index in [1.165, 1.54) is 18.3 Å². The van der Waals surface area contributed by atoms with Crippen molar-refractivity contribution in [3.8, 4) is 0 Å². The maximum absolute atomic E-state index is 12.1. The van der Waals surface area contributed by atoms with E-state index in [0.717, 1.165) is 36.9 Å². The predicted octanol–water partition coefficient (Wildman–Crippen LogP) is 1.96. The van der Waals surface area contributed by atoms with E-state index in [1.807, 2.05) is 0 Å². The number of aromatic nitrogens is 2. The Labute approximate surface area is 131 Å². The number of nitrogens with one attached hydrogen (secondary N) is 2. The molecule has 1 amide bonds. The summed E-state index contributed by atoms with van der Waals surface area (Å²) in [5, 5.41) is 21.4. The summed E-state index contributed by atoms with van der Waals surface area (Å²) in [4.78, 5) is 22.2. The molecule has 1 heterocycles. The zero-order valence-electron chi connectivity index (χ0n) is 12.3. The fourth-order valence-corrected chi connectivity index (χ4v) is 2.57. The Bertz CT molecular complexity index is 764. The van der Waals surface area contributed by atoms with Gasteiger partial charge in [0.15, 0.2) is 5.69 Å². The van der Waals surface area contributed by atoms with Crippen LogP contribution in [0.15, 0.2) is 29.4 Å². The summed E-state index contributed by atoms with van der Waals surface area (Å²) in [6.07, 6.45) is 5.36. The lowest BCUT2D eigenvalue weighted by molar-refractivity contribution is -0.384. The Balaban J connectivity index is 1.64. The number of nitrogens with zero attached hydrogens (tertiary/aromatic N) is 3. The number of carbonyl (C=O) groups is 1. The molecule has 8 heteroatoms. The van der Waals surface area contributed by atoms with Crippen LogP contribution in [0.3, 0.4) is 0 Å². The van der Waals surface area contributed by atoms with E-state index < -0.39 is 4.92 Å². The van der Waals surface area contributed by atoms with Gasteiger partial charge in [0.05, 0.1) is 11.1 Å². The van der Waals surface area contributed by atoms with Gasteiger partial charge < -0.3 is 0 Å². The number of hydrazone groups is 1. The van der Waals surface area contributed by atoms with Crippen LogP contribution in [0, 0.1) is 10.1 Å². The minimum Gasteiger partial charge on any atom is -0.281 e. The standard InChI is InChI=1S/C15H15N5O3/c21-15(14-12-3-1-2-4-13(12)17-18-14)19-16-9-10-5-7-11(8-6-10)20(22)23/h5-9H,1-4H2,(H,17,18)(H,19,21)/b16-9-. The van der Waals surface area contributed by atoms with E-state index in [2.05, 4.69) is 20.7 Å². The largest absolute Gasteiger partial charge is 0.292 e. The number of carbonyl (C=O) groups excluding carboxylic acids is 1. The summed E-state index contributed by atoms with van der Waals surface area (Å²) in [5.41, 5.74) is 5.49. The van der Waals surface area contributed by atoms with Gasteiger partial charge in [0.25, 0.3) is 11.6 Å². The normalized spacial score (nSPS) is 13.7. The molecular weight excluding hydrogens is 298 g/mol. The summed E-state index contributed by atoms with van der Waals surface area (Å²) in [6.45, 7) is 0. The van der Waals surface area contributed by atoms with E-state index in [1.54, 1.807) is 12.1 Å². The first-order valence-corrected chi connectivity index (χ1v) is 7.29. The number of H-pyrrole nitrogens is 1. The van der Waals surface area contributed by atoms with Crippen molar-refractivity contribution in [3.63, 3.8) is 0 Å². The molecule has 3 rings (SSSR count). The first-order chi connectivity index (χ1) is 11.1. The topological polar surface area (TPSA) is 113 Å². The highest BCUT2D eigenvalue weighted by Crippen LogP contribution is 2.21. The van der Waals surface area contributed by atoms with Crippen LogP contribution in [0.1, 0.15) is 40.2 Å². The van der Waals surface area contributed by atoms with E-state index >= 15 is 0 Å². The van der Waals surface area contributed by atoms with Gasteiger partial charge in [0, 0.05) is 23.4 Å². The molecule has 1 aliphatic carbocycles. The van der Waals surface area contributed by atoms with Crippen molar-refractivity contribution in [1.29, 1.82) is 0 Å². The zero-order chi connectivity index (χ0) is 16.2. The smallest absolute Gasteiger partial charge is 0.281 e. The highest BCUT2D eigenvalue weighted by atomic mass is 16.6. The molecular formula is C15H15N5O3. The summed E-state index contributed by atoms with van der Waals surface area (Å²) in [7, 11) is 0. The molecule has 1 aliphatic rings. The third-order valence-corrected chi connectivity index (χ3v) is 3.76. The average molecular weight is 313 g/mol. The van der Waals surface area contributed by atoms with Gasteiger partial charge in [-0.15, -0.1) is 0 Å². The minimum absolute atomic E-state index is 0.00864. The third-order valence-electron chi connectivity index (χ3n) is 3.76. The van der Waals surface area contributed by atoms with E-state index in [9.17, 15) is 14.9 Å². The zero-order valence-corrected chi connectivity index (χ0v) is 12.3. The quantitative estimate of drug-likeness (QED) is 0.510. The SMILES string of the molecule is O=C(N/N=C\c1ccc([N+](=O)[O-])cc1)c1n[nH]c2c1CCCC2. The van der Waals surface area contributed by atoms with Crippen LogP contribution in [0.4, 0.5) is 5.69 Å².